The lowest BCUT2D eigenvalue weighted by atomic mass is 10.0. The van der Waals surface area contributed by atoms with Crippen molar-refractivity contribution < 1.29 is 24.5 Å². The van der Waals surface area contributed by atoms with Gasteiger partial charge in [0.25, 0.3) is 0 Å². The van der Waals surface area contributed by atoms with Gasteiger partial charge in [-0.25, -0.2) is 0 Å². The Morgan fingerprint density at radius 3 is 1.27 bits per heavy atom. The monoisotopic (exact) mass is 920 g/mol. The summed E-state index contributed by atoms with van der Waals surface area (Å²) in [6.45, 7) is 6.34. The molecule has 0 radical (unpaired) electrons. The van der Waals surface area contributed by atoms with E-state index in [-0.39, 0.29) is 24.9 Å². The Kier molecular flexibility index (Phi) is 50.6. The predicted molar refractivity (Wildman–Crippen MR) is 287 cm³/mol. The van der Waals surface area contributed by atoms with E-state index in [1.165, 1.54) is 128 Å². The molecule has 0 aromatic heterocycles. The summed E-state index contributed by atoms with van der Waals surface area (Å²) in [5, 5.41) is 23.8. The highest BCUT2D eigenvalue weighted by atomic mass is 16.5. The number of esters is 1. The molecule has 1 amide bonds. The van der Waals surface area contributed by atoms with Gasteiger partial charge in [0.15, 0.2) is 0 Å². The smallest absolute Gasteiger partial charge is 0.306 e. The Morgan fingerprint density at radius 1 is 0.470 bits per heavy atom. The van der Waals surface area contributed by atoms with Gasteiger partial charge in [0.05, 0.1) is 25.2 Å². The number of amides is 1. The van der Waals surface area contributed by atoms with E-state index < -0.39 is 18.2 Å². The van der Waals surface area contributed by atoms with Crippen molar-refractivity contribution in [2.75, 3.05) is 6.61 Å². The highest BCUT2D eigenvalue weighted by Gasteiger charge is 2.23. The highest BCUT2D eigenvalue weighted by molar-refractivity contribution is 5.78. The molecule has 0 bridgehead atoms. The summed E-state index contributed by atoms with van der Waals surface area (Å²) in [5.41, 5.74) is 0. The maximum absolute atomic E-state index is 13.2. The molecule has 0 saturated carbocycles. The van der Waals surface area contributed by atoms with Crippen LogP contribution in [-0.4, -0.2) is 46.9 Å². The van der Waals surface area contributed by atoms with Crippen LogP contribution in [0, 0.1) is 0 Å². The third kappa shape index (κ3) is 47.5. The first-order chi connectivity index (χ1) is 32.5. The molecule has 0 aliphatic rings. The van der Waals surface area contributed by atoms with Crippen LogP contribution in [0.1, 0.15) is 258 Å². The zero-order valence-electron chi connectivity index (χ0n) is 43.3. The molecule has 380 valence electrons. The molecule has 66 heavy (non-hydrogen) atoms. The third-order valence-corrected chi connectivity index (χ3v) is 12.2. The summed E-state index contributed by atoms with van der Waals surface area (Å²) in [4.78, 5) is 26.2. The van der Waals surface area contributed by atoms with Gasteiger partial charge in [-0.15, -0.1) is 0 Å². The van der Waals surface area contributed by atoms with Gasteiger partial charge < -0.3 is 20.3 Å². The van der Waals surface area contributed by atoms with Crippen molar-refractivity contribution in [1.29, 1.82) is 0 Å². The second kappa shape index (κ2) is 53.0. The van der Waals surface area contributed by atoms with Crippen LogP contribution < -0.4 is 5.32 Å². The second-order valence-electron chi connectivity index (χ2n) is 18.6. The average Bonchev–Trinajstić information content (AvgIpc) is 3.31. The van der Waals surface area contributed by atoms with E-state index in [2.05, 4.69) is 99.0 Å². The minimum atomic E-state index is -0.825. The van der Waals surface area contributed by atoms with Crippen molar-refractivity contribution in [1.82, 2.24) is 5.32 Å². The summed E-state index contributed by atoms with van der Waals surface area (Å²) < 4.78 is 5.84. The number of aliphatic hydroxyl groups excluding tert-OH is 2. The minimum Gasteiger partial charge on any atom is -0.458 e. The molecule has 0 spiro atoms. The van der Waals surface area contributed by atoms with E-state index in [9.17, 15) is 19.8 Å². The van der Waals surface area contributed by atoms with Crippen LogP contribution in [-0.2, 0) is 14.3 Å². The van der Waals surface area contributed by atoms with E-state index in [1.54, 1.807) is 6.08 Å². The molecular weight excluding hydrogens is 815 g/mol. The molecule has 0 fully saturated rings. The van der Waals surface area contributed by atoms with Crippen LogP contribution in [0.3, 0.4) is 0 Å². The van der Waals surface area contributed by atoms with E-state index in [1.807, 2.05) is 6.08 Å². The molecule has 6 nitrogen and oxygen atoms in total. The first kappa shape index (κ1) is 63.0. The summed E-state index contributed by atoms with van der Waals surface area (Å²) in [5.74, 6) is -0.639. The van der Waals surface area contributed by atoms with Gasteiger partial charge >= 0.3 is 5.97 Å². The standard InChI is InChI=1S/C60H105NO5/c1-4-7-10-13-16-19-22-25-28-30-31-33-36-39-42-45-48-51-56(66-60(65)53-50-47-44-41-38-35-32-29-26-23-20-17-14-11-8-5-2)54-59(64)61-57(55-62)58(63)52-49-46-43-40-37-34-27-24-21-18-15-12-9-6-3/h7,10,16,19,25,28-29,31-33,39,42,48,51,56-58,62-63H,4-6,8-9,11-15,17-18,20-24,26-27,30,34-38,40-41,43-47,49-50,52-55H2,1-3H3,(H,61,64)/b10-7-,19-16-,28-25-,32-29+,33-31-,42-39-,51-48-. The van der Waals surface area contributed by atoms with Crippen LogP contribution in [0.2, 0.25) is 0 Å². The first-order valence-corrected chi connectivity index (χ1v) is 27.8. The zero-order valence-corrected chi connectivity index (χ0v) is 43.3. The molecule has 0 aromatic rings. The average molecular weight is 921 g/mol. The Hall–Kier alpha value is -2.96. The van der Waals surface area contributed by atoms with Crippen LogP contribution in [0.25, 0.3) is 0 Å². The lowest BCUT2D eigenvalue weighted by Crippen LogP contribution is -2.46. The van der Waals surface area contributed by atoms with Crippen molar-refractivity contribution in [3.05, 3.63) is 85.1 Å². The molecule has 0 heterocycles. The molecule has 0 rings (SSSR count). The Labute approximate surface area is 408 Å². The molecule has 0 saturated heterocycles. The van der Waals surface area contributed by atoms with Crippen molar-refractivity contribution >= 4 is 11.9 Å². The van der Waals surface area contributed by atoms with Crippen molar-refractivity contribution in [3.63, 3.8) is 0 Å². The van der Waals surface area contributed by atoms with Crippen LogP contribution in [0.5, 0.6) is 0 Å². The topological polar surface area (TPSA) is 95.9 Å². The molecule has 0 aliphatic heterocycles. The zero-order chi connectivity index (χ0) is 48.1. The normalized spacial score (nSPS) is 13.8. The minimum absolute atomic E-state index is 0.0531. The van der Waals surface area contributed by atoms with Crippen molar-refractivity contribution in [2.24, 2.45) is 0 Å². The largest absolute Gasteiger partial charge is 0.458 e. The van der Waals surface area contributed by atoms with Crippen LogP contribution >= 0.6 is 0 Å². The first-order valence-electron chi connectivity index (χ1n) is 27.8. The number of hydrogen-bond acceptors (Lipinski definition) is 5. The van der Waals surface area contributed by atoms with Gasteiger partial charge in [-0.3, -0.25) is 9.59 Å². The number of ether oxygens (including phenoxy) is 1. The van der Waals surface area contributed by atoms with Crippen LogP contribution in [0.4, 0.5) is 0 Å². The van der Waals surface area contributed by atoms with Gasteiger partial charge in [0.1, 0.15) is 6.10 Å². The lowest BCUT2D eigenvalue weighted by Gasteiger charge is -2.23. The fourth-order valence-electron chi connectivity index (χ4n) is 8.01. The van der Waals surface area contributed by atoms with E-state index >= 15 is 0 Å². The lowest BCUT2D eigenvalue weighted by molar-refractivity contribution is -0.148. The number of nitrogens with one attached hydrogen (secondary N) is 1. The third-order valence-electron chi connectivity index (χ3n) is 12.2. The molecule has 3 atom stereocenters. The quantitative estimate of drug-likeness (QED) is 0.0321. The van der Waals surface area contributed by atoms with Crippen LogP contribution in [0.15, 0.2) is 85.1 Å². The number of carbonyl (C=O) groups is 2. The predicted octanol–water partition coefficient (Wildman–Crippen LogP) is 17.1. The Bertz CT molecular complexity index is 1260. The summed E-state index contributed by atoms with van der Waals surface area (Å²) in [6.07, 6.45) is 69.6. The van der Waals surface area contributed by atoms with E-state index in [4.69, 9.17) is 4.74 Å². The van der Waals surface area contributed by atoms with E-state index in [0.29, 0.717) is 19.3 Å². The molecule has 3 unspecified atom stereocenters. The maximum Gasteiger partial charge on any atom is 0.306 e. The number of carbonyl (C=O) groups excluding carboxylic acids is 2. The van der Waals surface area contributed by atoms with E-state index in [0.717, 1.165) is 83.5 Å². The van der Waals surface area contributed by atoms with Gasteiger partial charge in [0.2, 0.25) is 5.91 Å². The molecule has 0 aromatic carbocycles. The fourth-order valence-corrected chi connectivity index (χ4v) is 8.01. The molecular formula is C60H105NO5. The van der Waals surface area contributed by atoms with Gasteiger partial charge in [0, 0.05) is 6.42 Å². The summed E-state index contributed by atoms with van der Waals surface area (Å²) >= 11 is 0. The highest BCUT2D eigenvalue weighted by Crippen LogP contribution is 2.16. The SMILES string of the molecule is CC/C=C\C/C=C\C/C=C\C/C=C\C/C=C\C/C=C\C(CC(=O)NC(CO)C(O)CCCCCCCCCCCCCCCC)OC(=O)CCCCCCC/C=C/CCCCCCCCC. The number of unbranched alkanes of at least 4 members (excludes halogenated alkanes) is 25. The van der Waals surface area contributed by atoms with Gasteiger partial charge in [-0.2, -0.15) is 0 Å². The summed E-state index contributed by atoms with van der Waals surface area (Å²) in [7, 11) is 0. The van der Waals surface area contributed by atoms with Gasteiger partial charge in [-0.05, 0) is 83.1 Å². The molecule has 3 N–H and O–H groups in total. The second-order valence-corrected chi connectivity index (χ2v) is 18.6. The maximum atomic E-state index is 13.2. The summed E-state index contributed by atoms with van der Waals surface area (Å²) in [6, 6.07) is -0.748. The number of hydrogen-bond donors (Lipinski definition) is 3. The number of aliphatic hydroxyl groups is 2. The molecule has 6 heteroatoms. The van der Waals surface area contributed by atoms with Crippen molar-refractivity contribution in [3.8, 4) is 0 Å². The number of allylic oxidation sites excluding steroid dienone is 13. The van der Waals surface area contributed by atoms with Gasteiger partial charge in [-0.1, -0.05) is 247 Å². The number of rotatable bonds is 49. The fraction of sp³-hybridized carbons (Fsp3) is 0.733. The van der Waals surface area contributed by atoms with Crippen molar-refractivity contribution in [2.45, 2.75) is 277 Å². The Morgan fingerprint density at radius 2 is 0.848 bits per heavy atom. The molecule has 0 aliphatic carbocycles. The Balaban J connectivity index is 4.76.